The molecule has 0 aromatic heterocycles. The Morgan fingerprint density at radius 3 is 0.697 bits per heavy atom. The van der Waals surface area contributed by atoms with E-state index in [1.807, 2.05) is 0 Å². The fraction of sp³-hybridized carbons (Fsp3) is 0.956. The molecule has 648 valence electrons. The van der Waals surface area contributed by atoms with Gasteiger partial charge < -0.3 is 33.8 Å². The van der Waals surface area contributed by atoms with Gasteiger partial charge >= 0.3 is 39.5 Å². The maximum atomic E-state index is 13.2. The number of phosphoric acid groups is 2. The summed E-state index contributed by atoms with van der Waals surface area (Å²) in [4.78, 5) is 73.2. The van der Waals surface area contributed by atoms with Gasteiger partial charge in [-0.05, 0) is 37.5 Å². The zero-order chi connectivity index (χ0) is 79.9. The number of aliphatic hydroxyl groups excluding tert-OH is 1. The first-order valence-corrected chi connectivity index (χ1v) is 49.5. The molecule has 0 saturated heterocycles. The molecule has 0 bridgehead atoms. The molecule has 0 aromatic rings. The molecule has 0 amide bonds. The largest absolute Gasteiger partial charge is 0.472 e. The van der Waals surface area contributed by atoms with Crippen LogP contribution in [-0.4, -0.2) is 96.7 Å². The highest BCUT2D eigenvalue weighted by molar-refractivity contribution is 7.47. The lowest BCUT2D eigenvalue weighted by Crippen LogP contribution is -2.30. The van der Waals surface area contributed by atoms with Crippen molar-refractivity contribution in [2.24, 2.45) is 11.8 Å². The van der Waals surface area contributed by atoms with E-state index in [1.165, 1.54) is 289 Å². The topological polar surface area (TPSA) is 237 Å². The molecule has 0 saturated carbocycles. The Morgan fingerprint density at radius 1 is 0.266 bits per heavy atom. The van der Waals surface area contributed by atoms with Gasteiger partial charge in [-0.1, -0.05) is 433 Å². The van der Waals surface area contributed by atoms with Gasteiger partial charge in [-0.2, -0.15) is 0 Å². The number of hydrogen-bond donors (Lipinski definition) is 3. The van der Waals surface area contributed by atoms with E-state index in [0.29, 0.717) is 25.7 Å². The van der Waals surface area contributed by atoms with E-state index in [1.54, 1.807) is 0 Å². The lowest BCUT2D eigenvalue weighted by molar-refractivity contribution is -0.161. The van der Waals surface area contributed by atoms with Crippen LogP contribution in [0.5, 0.6) is 0 Å². The molecule has 19 heteroatoms. The van der Waals surface area contributed by atoms with Crippen LogP contribution in [0, 0.1) is 11.8 Å². The Hall–Kier alpha value is -1.94. The predicted molar refractivity (Wildman–Crippen MR) is 451 cm³/mol. The van der Waals surface area contributed by atoms with Crippen LogP contribution in [0.15, 0.2) is 0 Å². The first-order chi connectivity index (χ1) is 52.9. The zero-order valence-corrected chi connectivity index (χ0v) is 73.7. The normalized spacial score (nSPS) is 14.0. The molecule has 0 aliphatic carbocycles. The number of ether oxygens (including phenoxy) is 4. The molecule has 0 heterocycles. The average Bonchev–Trinajstić information content (AvgIpc) is 0.899. The zero-order valence-electron chi connectivity index (χ0n) is 71.9. The molecule has 3 unspecified atom stereocenters. The van der Waals surface area contributed by atoms with Gasteiger partial charge in [0.2, 0.25) is 0 Å². The van der Waals surface area contributed by atoms with Crippen LogP contribution in [0.1, 0.15) is 485 Å². The minimum atomic E-state index is -4.97. The molecule has 6 atom stereocenters. The third-order valence-corrected chi connectivity index (χ3v) is 23.5. The van der Waals surface area contributed by atoms with Crippen molar-refractivity contribution in [1.82, 2.24) is 0 Å². The van der Waals surface area contributed by atoms with E-state index in [9.17, 15) is 43.2 Å². The minimum Gasteiger partial charge on any atom is -0.462 e. The van der Waals surface area contributed by atoms with Crippen LogP contribution in [0.2, 0.25) is 0 Å². The van der Waals surface area contributed by atoms with Crippen molar-refractivity contribution in [1.29, 1.82) is 0 Å². The Kier molecular flexibility index (Phi) is 79.8. The molecule has 0 fully saturated rings. The number of aliphatic hydroxyl groups is 1. The van der Waals surface area contributed by atoms with E-state index < -0.39 is 97.5 Å². The van der Waals surface area contributed by atoms with Crippen LogP contribution in [0.4, 0.5) is 0 Å². The lowest BCUT2D eigenvalue weighted by atomic mass is 9.99. The van der Waals surface area contributed by atoms with Crippen LogP contribution in [0.3, 0.4) is 0 Å². The third kappa shape index (κ3) is 82.4. The van der Waals surface area contributed by atoms with E-state index in [4.69, 9.17) is 37.0 Å². The molecular weight excluding hydrogens is 1410 g/mol. The van der Waals surface area contributed by atoms with Crippen molar-refractivity contribution in [2.45, 2.75) is 503 Å². The molecular formula is C90H176O17P2. The Morgan fingerprint density at radius 2 is 0.468 bits per heavy atom. The highest BCUT2D eigenvalue weighted by Gasteiger charge is 2.31. The van der Waals surface area contributed by atoms with Crippen molar-refractivity contribution in [3.05, 3.63) is 0 Å². The monoisotopic (exact) mass is 1590 g/mol. The second-order valence-electron chi connectivity index (χ2n) is 33.1. The van der Waals surface area contributed by atoms with Gasteiger partial charge in [0.1, 0.15) is 19.3 Å². The SMILES string of the molecule is CCCCCCCCCCCCCCCCCCCCCCCC(=O)OC[C@H](COP(=O)(O)OC[C@@H](O)COP(=O)(O)OC[C@@H](COC(=O)CCCCCCCCC)OC(=O)CCCCCCCCCCCCCCCCCCC(C)C)OC(=O)CCCCCCCCCCCCCCCCCCCCC(C)CC. The summed E-state index contributed by atoms with van der Waals surface area (Å²) in [5, 5.41) is 10.7. The summed E-state index contributed by atoms with van der Waals surface area (Å²) in [6, 6.07) is 0. The highest BCUT2D eigenvalue weighted by atomic mass is 31.2. The van der Waals surface area contributed by atoms with Gasteiger partial charge in [0.15, 0.2) is 12.2 Å². The second kappa shape index (κ2) is 81.2. The van der Waals surface area contributed by atoms with Gasteiger partial charge in [0.25, 0.3) is 0 Å². The standard InChI is InChI=1S/C90H176O17P2/c1-7-10-12-14-16-17-18-19-20-21-22-23-24-28-34-39-44-49-55-61-67-73-88(93)101-79-86(107-90(95)75-69-62-56-50-45-40-35-29-26-25-27-33-38-43-48-54-59-65-71-83(6)9-3)81-105-109(98,99)103-77-84(91)76-102-108(96,97)104-80-85(78-100-87(92)72-66-60-52-15-13-11-8-2)106-89(94)74-68-63-57-51-46-41-36-31-30-32-37-42-47-53-58-64-70-82(4)5/h82-86,91H,7-81H2,1-6H3,(H,96,97)(H,98,99)/t83?,84-,85+,86+/m0/s1. The van der Waals surface area contributed by atoms with Gasteiger partial charge in [-0.15, -0.1) is 0 Å². The Balaban J connectivity index is 5.15. The van der Waals surface area contributed by atoms with Gasteiger partial charge in [-0.3, -0.25) is 37.3 Å². The van der Waals surface area contributed by atoms with E-state index >= 15 is 0 Å². The van der Waals surface area contributed by atoms with Crippen molar-refractivity contribution >= 4 is 39.5 Å². The van der Waals surface area contributed by atoms with Crippen molar-refractivity contribution in [3.8, 4) is 0 Å². The number of esters is 4. The van der Waals surface area contributed by atoms with E-state index in [2.05, 4.69) is 41.5 Å². The van der Waals surface area contributed by atoms with Gasteiger partial charge in [-0.25, -0.2) is 9.13 Å². The molecule has 0 aromatic carbocycles. The molecule has 0 aliphatic heterocycles. The molecule has 0 aliphatic rings. The fourth-order valence-corrected chi connectivity index (χ4v) is 15.7. The number of hydrogen-bond acceptors (Lipinski definition) is 15. The van der Waals surface area contributed by atoms with E-state index in [0.717, 1.165) is 115 Å². The molecule has 109 heavy (non-hydrogen) atoms. The van der Waals surface area contributed by atoms with Crippen molar-refractivity contribution in [3.63, 3.8) is 0 Å². The average molecular weight is 1590 g/mol. The minimum absolute atomic E-state index is 0.108. The quantitative estimate of drug-likeness (QED) is 0.0222. The highest BCUT2D eigenvalue weighted by Crippen LogP contribution is 2.45. The van der Waals surface area contributed by atoms with E-state index in [-0.39, 0.29) is 25.7 Å². The number of carbonyl (C=O) groups excluding carboxylic acids is 4. The molecule has 0 radical (unpaired) electrons. The summed E-state index contributed by atoms with van der Waals surface area (Å²) >= 11 is 0. The van der Waals surface area contributed by atoms with Crippen molar-refractivity contribution < 1.29 is 80.2 Å². The van der Waals surface area contributed by atoms with Gasteiger partial charge in [0, 0.05) is 25.7 Å². The smallest absolute Gasteiger partial charge is 0.462 e. The summed E-state index contributed by atoms with van der Waals surface area (Å²) in [7, 11) is -9.93. The third-order valence-electron chi connectivity index (χ3n) is 21.6. The van der Waals surface area contributed by atoms with Crippen LogP contribution in [-0.2, 0) is 65.4 Å². The second-order valence-corrected chi connectivity index (χ2v) is 36.0. The van der Waals surface area contributed by atoms with Crippen LogP contribution >= 0.6 is 15.6 Å². The Bertz CT molecular complexity index is 2080. The summed E-state index contributed by atoms with van der Waals surface area (Å²) < 4.78 is 68.9. The fourth-order valence-electron chi connectivity index (χ4n) is 14.1. The summed E-state index contributed by atoms with van der Waals surface area (Å²) in [5.41, 5.74) is 0. The summed E-state index contributed by atoms with van der Waals surface area (Å²) in [5.74, 6) is -0.423. The molecule has 3 N–H and O–H groups in total. The first kappa shape index (κ1) is 107. The summed E-state index contributed by atoms with van der Waals surface area (Å²) in [6.07, 6.45) is 75.3. The maximum Gasteiger partial charge on any atom is 0.472 e. The van der Waals surface area contributed by atoms with Crippen molar-refractivity contribution in [2.75, 3.05) is 39.6 Å². The lowest BCUT2D eigenvalue weighted by Gasteiger charge is -2.21. The Labute approximate surface area is 670 Å². The number of unbranched alkanes of at least 4 members (excludes halogenated alkanes) is 58. The summed E-state index contributed by atoms with van der Waals surface area (Å²) in [6.45, 7) is 9.74. The molecule has 0 spiro atoms. The number of rotatable bonds is 89. The van der Waals surface area contributed by atoms with Gasteiger partial charge in [0.05, 0.1) is 26.4 Å². The van der Waals surface area contributed by atoms with Crippen LogP contribution < -0.4 is 0 Å². The maximum absolute atomic E-state index is 13.2. The number of carbonyl (C=O) groups is 4. The van der Waals surface area contributed by atoms with Crippen LogP contribution in [0.25, 0.3) is 0 Å². The number of phosphoric ester groups is 2. The molecule has 0 rings (SSSR count). The first-order valence-electron chi connectivity index (χ1n) is 46.5. The predicted octanol–water partition coefficient (Wildman–Crippen LogP) is 27.8. The molecule has 17 nitrogen and oxygen atoms in total.